The molecule has 4 aromatic rings. The lowest BCUT2D eigenvalue weighted by Gasteiger charge is -2.11. The van der Waals surface area contributed by atoms with Crippen molar-refractivity contribution >= 4 is 28.2 Å². The Bertz CT molecular complexity index is 1160. The largest absolute Gasteiger partial charge is 0.368 e. The van der Waals surface area contributed by atoms with E-state index in [1.165, 1.54) is 4.57 Å². The third kappa shape index (κ3) is 2.75. The van der Waals surface area contributed by atoms with Gasteiger partial charge in [0, 0.05) is 44.4 Å². The number of hydrogen-bond donors (Lipinski definition) is 2. The van der Waals surface area contributed by atoms with Gasteiger partial charge >= 0.3 is 0 Å². The number of nitrogens with two attached hydrogens (primary N) is 1. The number of pyridine rings is 2. The van der Waals surface area contributed by atoms with Crippen LogP contribution in [0.4, 0.5) is 17.5 Å². The molecule has 0 unspecified atom stereocenters. The van der Waals surface area contributed by atoms with Crippen LogP contribution < -0.4 is 16.6 Å². The van der Waals surface area contributed by atoms with Gasteiger partial charge in [-0.15, -0.1) is 0 Å². The summed E-state index contributed by atoms with van der Waals surface area (Å²) in [5.41, 5.74) is 7.50. The zero-order valence-corrected chi connectivity index (χ0v) is 14.2. The maximum absolute atomic E-state index is 12.7. The van der Waals surface area contributed by atoms with Crippen molar-refractivity contribution in [3.8, 4) is 11.3 Å². The Kier molecular flexibility index (Phi) is 3.61. The molecule has 0 saturated heterocycles. The zero-order valence-electron chi connectivity index (χ0n) is 14.2. The highest BCUT2D eigenvalue weighted by atomic mass is 16.1. The standard InChI is InChI=1S/C17H16N8O/c1-24-4-3-10-5-13(11-6-19-17(18)20-7-11)23-15(14(10)16(24)26)22-12-8-21-25(2)9-12/h3-9H,1-2H3,(H,22,23)(H2,18,19,20). The van der Waals surface area contributed by atoms with Gasteiger partial charge in [-0.2, -0.15) is 5.10 Å². The second kappa shape index (κ2) is 5.96. The highest BCUT2D eigenvalue weighted by Crippen LogP contribution is 2.27. The summed E-state index contributed by atoms with van der Waals surface area (Å²) >= 11 is 0. The minimum atomic E-state index is -0.138. The molecule has 9 heteroatoms. The maximum Gasteiger partial charge on any atom is 0.261 e. The number of aryl methyl sites for hydroxylation is 2. The molecule has 0 spiro atoms. The first-order chi connectivity index (χ1) is 12.5. The Hall–Kier alpha value is -3.75. The molecule has 0 saturated carbocycles. The van der Waals surface area contributed by atoms with E-state index in [4.69, 9.17) is 5.73 Å². The van der Waals surface area contributed by atoms with E-state index < -0.39 is 0 Å². The first kappa shape index (κ1) is 15.8. The lowest BCUT2D eigenvalue weighted by atomic mass is 10.1. The van der Waals surface area contributed by atoms with Gasteiger partial charge in [-0.25, -0.2) is 15.0 Å². The van der Waals surface area contributed by atoms with E-state index in [1.54, 1.807) is 42.7 Å². The highest BCUT2D eigenvalue weighted by molar-refractivity contribution is 5.95. The molecule has 4 heterocycles. The van der Waals surface area contributed by atoms with Gasteiger partial charge in [0.25, 0.3) is 5.56 Å². The first-order valence-electron chi connectivity index (χ1n) is 7.85. The van der Waals surface area contributed by atoms with Crippen LogP contribution in [0.1, 0.15) is 0 Å². The van der Waals surface area contributed by atoms with E-state index in [1.807, 2.05) is 19.2 Å². The van der Waals surface area contributed by atoms with Gasteiger partial charge in [-0.05, 0) is 17.5 Å². The lowest BCUT2D eigenvalue weighted by Crippen LogP contribution is -2.17. The van der Waals surface area contributed by atoms with E-state index in [-0.39, 0.29) is 11.5 Å². The molecule has 9 nitrogen and oxygen atoms in total. The number of fused-ring (bicyclic) bond motifs is 1. The molecule has 0 fully saturated rings. The molecular formula is C17H16N8O. The second-order valence-corrected chi connectivity index (χ2v) is 5.91. The van der Waals surface area contributed by atoms with Crippen molar-refractivity contribution in [2.24, 2.45) is 14.1 Å². The van der Waals surface area contributed by atoms with Crippen molar-refractivity contribution in [1.29, 1.82) is 0 Å². The number of anilines is 3. The number of rotatable bonds is 3. The molecule has 26 heavy (non-hydrogen) atoms. The molecule has 0 atom stereocenters. The summed E-state index contributed by atoms with van der Waals surface area (Å²) in [5.74, 6) is 0.639. The Morgan fingerprint density at radius 1 is 1.15 bits per heavy atom. The van der Waals surface area contributed by atoms with Crippen LogP contribution in [0.3, 0.4) is 0 Å². The van der Waals surface area contributed by atoms with Crippen LogP contribution in [0.25, 0.3) is 22.0 Å². The second-order valence-electron chi connectivity index (χ2n) is 5.91. The summed E-state index contributed by atoms with van der Waals surface area (Å²) in [6.45, 7) is 0. The molecule has 4 rings (SSSR count). The zero-order chi connectivity index (χ0) is 18.3. The molecule has 0 aliphatic rings. The lowest BCUT2D eigenvalue weighted by molar-refractivity contribution is 0.768. The predicted molar refractivity (Wildman–Crippen MR) is 98.9 cm³/mol. The fourth-order valence-electron chi connectivity index (χ4n) is 2.69. The number of aromatic nitrogens is 6. The van der Waals surface area contributed by atoms with Crippen molar-refractivity contribution in [3.05, 3.63) is 53.5 Å². The van der Waals surface area contributed by atoms with Crippen LogP contribution in [-0.4, -0.2) is 29.3 Å². The molecule has 3 N–H and O–H groups in total. The van der Waals surface area contributed by atoms with Crippen LogP contribution >= 0.6 is 0 Å². The van der Waals surface area contributed by atoms with E-state index >= 15 is 0 Å². The molecular weight excluding hydrogens is 332 g/mol. The quantitative estimate of drug-likeness (QED) is 0.575. The molecule has 0 amide bonds. The number of nitrogens with one attached hydrogen (secondary N) is 1. The summed E-state index contributed by atoms with van der Waals surface area (Å²) in [6.07, 6.45) is 8.40. The van der Waals surface area contributed by atoms with Gasteiger partial charge in [-0.1, -0.05) is 0 Å². The minimum absolute atomic E-state index is 0.138. The fraction of sp³-hybridized carbons (Fsp3) is 0.118. The van der Waals surface area contributed by atoms with Gasteiger partial charge in [0.1, 0.15) is 5.82 Å². The third-order valence-corrected chi connectivity index (χ3v) is 4.00. The predicted octanol–water partition coefficient (Wildman–Crippen LogP) is 1.45. The van der Waals surface area contributed by atoms with Gasteiger partial charge in [0.15, 0.2) is 0 Å². The minimum Gasteiger partial charge on any atom is -0.368 e. The summed E-state index contributed by atoms with van der Waals surface area (Å²) in [5, 5.41) is 8.58. The average Bonchev–Trinajstić information content (AvgIpc) is 3.03. The van der Waals surface area contributed by atoms with E-state index in [0.717, 1.165) is 11.1 Å². The summed E-state index contributed by atoms with van der Waals surface area (Å²) in [7, 11) is 3.52. The van der Waals surface area contributed by atoms with Crippen molar-refractivity contribution in [1.82, 2.24) is 29.3 Å². The van der Waals surface area contributed by atoms with Gasteiger partial charge in [0.05, 0.1) is 23.0 Å². The van der Waals surface area contributed by atoms with Crippen molar-refractivity contribution in [2.45, 2.75) is 0 Å². The van der Waals surface area contributed by atoms with E-state index in [9.17, 15) is 4.79 Å². The number of nitrogens with zero attached hydrogens (tertiary/aromatic N) is 6. The molecule has 0 aliphatic heterocycles. The fourth-order valence-corrected chi connectivity index (χ4v) is 2.69. The maximum atomic E-state index is 12.7. The van der Waals surface area contributed by atoms with E-state index in [2.05, 4.69) is 25.4 Å². The SMILES string of the molecule is Cn1cc(Nc2nc(-c3cnc(N)nc3)cc3ccn(C)c(=O)c23)cn1. The Balaban J connectivity index is 1.94. The molecule has 4 aromatic heterocycles. The Morgan fingerprint density at radius 3 is 2.62 bits per heavy atom. The van der Waals surface area contributed by atoms with Crippen LogP contribution in [0, 0.1) is 0 Å². The molecule has 0 aliphatic carbocycles. The van der Waals surface area contributed by atoms with Crippen molar-refractivity contribution in [3.63, 3.8) is 0 Å². The highest BCUT2D eigenvalue weighted by Gasteiger charge is 2.13. The van der Waals surface area contributed by atoms with Gasteiger partial charge in [0.2, 0.25) is 5.95 Å². The average molecular weight is 348 g/mol. The van der Waals surface area contributed by atoms with Crippen LogP contribution in [-0.2, 0) is 14.1 Å². The van der Waals surface area contributed by atoms with Crippen LogP contribution in [0.5, 0.6) is 0 Å². The van der Waals surface area contributed by atoms with E-state index in [0.29, 0.717) is 22.5 Å². The first-order valence-corrected chi connectivity index (χ1v) is 7.85. The molecule has 130 valence electrons. The number of nitrogen functional groups attached to an aromatic ring is 1. The normalized spacial score (nSPS) is 11.0. The Morgan fingerprint density at radius 2 is 1.92 bits per heavy atom. The van der Waals surface area contributed by atoms with Gasteiger partial charge < -0.3 is 15.6 Å². The van der Waals surface area contributed by atoms with Crippen molar-refractivity contribution < 1.29 is 0 Å². The van der Waals surface area contributed by atoms with Crippen molar-refractivity contribution in [2.75, 3.05) is 11.1 Å². The molecule has 0 aromatic carbocycles. The monoisotopic (exact) mass is 348 g/mol. The smallest absolute Gasteiger partial charge is 0.261 e. The van der Waals surface area contributed by atoms with Crippen LogP contribution in [0.2, 0.25) is 0 Å². The summed E-state index contributed by atoms with van der Waals surface area (Å²) in [6, 6.07) is 3.70. The third-order valence-electron chi connectivity index (χ3n) is 4.00. The topological polar surface area (TPSA) is 117 Å². The molecule has 0 bridgehead atoms. The number of hydrogen-bond acceptors (Lipinski definition) is 7. The molecule has 0 radical (unpaired) electrons. The van der Waals surface area contributed by atoms with Crippen LogP contribution in [0.15, 0.2) is 47.9 Å². The van der Waals surface area contributed by atoms with Gasteiger partial charge in [-0.3, -0.25) is 9.48 Å². The summed E-state index contributed by atoms with van der Waals surface area (Å²) in [4.78, 5) is 25.3. The summed E-state index contributed by atoms with van der Waals surface area (Å²) < 4.78 is 3.19. The Labute approximate surface area is 148 Å².